The van der Waals surface area contributed by atoms with E-state index in [0.717, 1.165) is 6.07 Å². The predicted molar refractivity (Wildman–Crippen MR) is 72.1 cm³/mol. The van der Waals surface area contributed by atoms with Crippen molar-refractivity contribution in [2.45, 2.75) is 45.8 Å². The van der Waals surface area contributed by atoms with E-state index in [1.807, 2.05) is 27.7 Å². The lowest BCUT2D eigenvalue weighted by molar-refractivity contribution is -0.138. The number of nitrogens with one attached hydrogen (secondary N) is 1. The van der Waals surface area contributed by atoms with Crippen molar-refractivity contribution in [2.24, 2.45) is 5.92 Å². The first-order valence-corrected chi connectivity index (χ1v) is 6.50. The first-order chi connectivity index (χ1) is 8.59. The molecule has 0 aromatic heterocycles. The van der Waals surface area contributed by atoms with Gasteiger partial charge in [0.2, 0.25) is 0 Å². The Morgan fingerprint density at radius 1 is 1.11 bits per heavy atom. The molecule has 108 valence electrons. The van der Waals surface area contributed by atoms with Gasteiger partial charge in [-0.15, -0.1) is 0 Å². The van der Waals surface area contributed by atoms with Gasteiger partial charge in [0, 0.05) is 5.54 Å². The third-order valence-corrected chi connectivity index (χ3v) is 2.87. The van der Waals surface area contributed by atoms with Crippen LogP contribution in [-0.4, -0.2) is 12.1 Å². The summed E-state index contributed by atoms with van der Waals surface area (Å²) < 4.78 is 38.6. The van der Waals surface area contributed by atoms with Crippen molar-refractivity contribution in [3.8, 4) is 0 Å². The van der Waals surface area contributed by atoms with Gasteiger partial charge in [0.25, 0.3) is 0 Å². The molecule has 4 heteroatoms. The summed E-state index contributed by atoms with van der Waals surface area (Å²) >= 11 is 0. The molecule has 0 radical (unpaired) electrons. The molecule has 0 heterocycles. The van der Waals surface area contributed by atoms with Crippen molar-refractivity contribution in [3.05, 3.63) is 35.4 Å². The van der Waals surface area contributed by atoms with E-state index in [-0.39, 0.29) is 11.5 Å². The van der Waals surface area contributed by atoms with Crippen molar-refractivity contribution in [2.75, 3.05) is 6.54 Å². The lowest BCUT2D eigenvalue weighted by Gasteiger charge is -2.24. The Morgan fingerprint density at radius 3 is 2.21 bits per heavy atom. The molecule has 1 aromatic rings. The Kier molecular flexibility index (Phi) is 5.02. The quantitative estimate of drug-likeness (QED) is 0.863. The summed E-state index contributed by atoms with van der Waals surface area (Å²) in [5.74, 6) is 0.155. The molecule has 1 N–H and O–H groups in total. The monoisotopic (exact) mass is 273 g/mol. The van der Waals surface area contributed by atoms with Crippen molar-refractivity contribution in [3.63, 3.8) is 0 Å². The lowest BCUT2D eigenvalue weighted by atomic mass is 9.95. The Labute approximate surface area is 113 Å². The van der Waals surface area contributed by atoms with Crippen molar-refractivity contribution < 1.29 is 13.2 Å². The smallest absolute Gasteiger partial charge is 0.312 e. The van der Waals surface area contributed by atoms with E-state index in [1.54, 1.807) is 12.1 Å². The van der Waals surface area contributed by atoms with E-state index in [2.05, 4.69) is 5.32 Å². The zero-order valence-electron chi connectivity index (χ0n) is 11.9. The van der Waals surface area contributed by atoms with Gasteiger partial charge in [-0.05, 0) is 51.3 Å². The van der Waals surface area contributed by atoms with Crippen LogP contribution in [0.1, 0.15) is 38.8 Å². The summed E-state index contributed by atoms with van der Waals surface area (Å²) in [6.07, 6.45) is -3.84. The standard InChI is InChI=1S/C15H22F3N/c1-11(10-19-14(2,3)4)9-12-7-5-6-8-13(12)15(16,17)18/h5-8,11,19H,9-10H2,1-4H3. The second-order valence-electron chi connectivity index (χ2n) is 6.10. The highest BCUT2D eigenvalue weighted by molar-refractivity contribution is 5.30. The summed E-state index contributed by atoms with van der Waals surface area (Å²) in [4.78, 5) is 0. The third-order valence-electron chi connectivity index (χ3n) is 2.87. The zero-order chi connectivity index (χ0) is 14.7. The summed E-state index contributed by atoms with van der Waals surface area (Å²) in [5, 5.41) is 3.32. The molecule has 1 aromatic carbocycles. The second kappa shape index (κ2) is 5.95. The number of hydrogen-bond acceptors (Lipinski definition) is 1. The fourth-order valence-electron chi connectivity index (χ4n) is 1.90. The van der Waals surface area contributed by atoms with Gasteiger partial charge in [-0.25, -0.2) is 0 Å². The maximum Gasteiger partial charge on any atom is 0.416 e. The van der Waals surface area contributed by atoms with E-state index in [1.165, 1.54) is 6.07 Å². The number of alkyl halides is 3. The number of halogens is 3. The van der Waals surface area contributed by atoms with E-state index >= 15 is 0 Å². The summed E-state index contributed by atoms with van der Waals surface area (Å²) in [6.45, 7) is 8.80. The minimum absolute atomic E-state index is 0.0161. The summed E-state index contributed by atoms with van der Waals surface area (Å²) in [6, 6.07) is 5.81. The highest BCUT2D eigenvalue weighted by Gasteiger charge is 2.33. The number of hydrogen-bond donors (Lipinski definition) is 1. The molecule has 0 aliphatic carbocycles. The molecule has 1 atom stereocenters. The van der Waals surface area contributed by atoms with Crippen molar-refractivity contribution in [1.82, 2.24) is 5.32 Å². The van der Waals surface area contributed by atoms with Gasteiger partial charge in [-0.3, -0.25) is 0 Å². The fourth-order valence-corrected chi connectivity index (χ4v) is 1.90. The summed E-state index contributed by atoms with van der Waals surface area (Å²) in [5.41, 5.74) is -0.159. The first-order valence-electron chi connectivity index (χ1n) is 6.50. The summed E-state index contributed by atoms with van der Waals surface area (Å²) in [7, 11) is 0. The Morgan fingerprint density at radius 2 is 1.68 bits per heavy atom. The molecule has 1 nitrogen and oxygen atoms in total. The molecule has 0 fully saturated rings. The van der Waals surface area contributed by atoms with Gasteiger partial charge < -0.3 is 5.32 Å². The Balaban J connectivity index is 2.72. The normalized spacial score (nSPS) is 14.5. The SMILES string of the molecule is CC(CNC(C)(C)C)Cc1ccccc1C(F)(F)F. The average Bonchev–Trinajstić information content (AvgIpc) is 2.25. The van der Waals surface area contributed by atoms with Crippen LogP contribution in [-0.2, 0) is 12.6 Å². The van der Waals surface area contributed by atoms with Crippen LogP contribution < -0.4 is 5.32 Å². The van der Waals surface area contributed by atoms with Crippen LogP contribution in [0.2, 0.25) is 0 Å². The number of rotatable bonds is 4. The maximum absolute atomic E-state index is 12.9. The van der Waals surface area contributed by atoms with Crippen LogP contribution >= 0.6 is 0 Å². The Hall–Kier alpha value is -1.03. The highest BCUT2D eigenvalue weighted by Crippen LogP contribution is 2.32. The fraction of sp³-hybridized carbons (Fsp3) is 0.600. The van der Waals surface area contributed by atoms with Crippen LogP contribution in [0.4, 0.5) is 13.2 Å². The molecule has 0 saturated heterocycles. The second-order valence-corrected chi connectivity index (χ2v) is 6.10. The van der Waals surface area contributed by atoms with Gasteiger partial charge in [0.15, 0.2) is 0 Å². The van der Waals surface area contributed by atoms with E-state index in [9.17, 15) is 13.2 Å². The van der Waals surface area contributed by atoms with Crippen LogP contribution in [0.5, 0.6) is 0 Å². The lowest BCUT2D eigenvalue weighted by Crippen LogP contribution is -2.39. The molecule has 0 aliphatic heterocycles. The van der Waals surface area contributed by atoms with Crippen LogP contribution in [0.15, 0.2) is 24.3 Å². The van der Waals surface area contributed by atoms with Crippen molar-refractivity contribution in [1.29, 1.82) is 0 Å². The predicted octanol–water partition coefficient (Wildman–Crippen LogP) is 4.27. The number of benzene rings is 1. The van der Waals surface area contributed by atoms with E-state index in [4.69, 9.17) is 0 Å². The zero-order valence-corrected chi connectivity index (χ0v) is 11.9. The van der Waals surface area contributed by atoms with Crippen LogP contribution in [0, 0.1) is 5.92 Å². The molecule has 1 unspecified atom stereocenters. The topological polar surface area (TPSA) is 12.0 Å². The minimum atomic E-state index is -4.27. The third kappa shape index (κ3) is 5.64. The molecular weight excluding hydrogens is 251 g/mol. The van der Waals surface area contributed by atoms with Crippen LogP contribution in [0.25, 0.3) is 0 Å². The van der Waals surface area contributed by atoms with Gasteiger partial charge in [0.05, 0.1) is 5.56 Å². The molecule has 0 spiro atoms. The van der Waals surface area contributed by atoms with Gasteiger partial charge >= 0.3 is 6.18 Å². The minimum Gasteiger partial charge on any atom is -0.312 e. The van der Waals surface area contributed by atoms with E-state index < -0.39 is 11.7 Å². The van der Waals surface area contributed by atoms with Crippen molar-refractivity contribution >= 4 is 0 Å². The first kappa shape index (κ1) is 16.0. The largest absolute Gasteiger partial charge is 0.416 e. The molecule has 1 rings (SSSR count). The molecule has 0 bridgehead atoms. The molecule has 19 heavy (non-hydrogen) atoms. The highest BCUT2D eigenvalue weighted by atomic mass is 19.4. The molecular formula is C15H22F3N. The van der Waals surface area contributed by atoms with Gasteiger partial charge in [0.1, 0.15) is 0 Å². The molecule has 0 amide bonds. The van der Waals surface area contributed by atoms with E-state index in [0.29, 0.717) is 18.5 Å². The maximum atomic E-state index is 12.9. The van der Waals surface area contributed by atoms with Gasteiger partial charge in [-0.1, -0.05) is 25.1 Å². The van der Waals surface area contributed by atoms with Crippen LogP contribution in [0.3, 0.4) is 0 Å². The average molecular weight is 273 g/mol. The Bertz CT molecular complexity index is 405. The molecule has 0 aliphatic rings. The van der Waals surface area contributed by atoms with Gasteiger partial charge in [-0.2, -0.15) is 13.2 Å². The molecule has 0 saturated carbocycles.